The predicted octanol–water partition coefficient (Wildman–Crippen LogP) is 2.30. The maximum absolute atomic E-state index is 13.3. The van der Waals surface area contributed by atoms with E-state index in [2.05, 4.69) is 0 Å². The standard InChI is InChI=1S/C19H27ClN2O6S/c1-5-15(18(23)21-10-8-13(9-11-21)19(24)28-3)22(29(4,25)26)16-12-14(20)6-7-17(16)27-2/h6-7,12-13,15H,5,8-11H2,1-4H3/t15-/m1/s1. The van der Waals surface area contributed by atoms with E-state index in [-0.39, 0.29) is 29.9 Å². The minimum Gasteiger partial charge on any atom is -0.495 e. The summed E-state index contributed by atoms with van der Waals surface area (Å²) in [5, 5.41) is 0.329. The molecule has 1 amide bonds. The van der Waals surface area contributed by atoms with E-state index in [4.69, 9.17) is 21.1 Å². The third kappa shape index (κ3) is 5.33. The molecular weight excluding hydrogens is 420 g/mol. The fourth-order valence-corrected chi connectivity index (χ4v) is 4.93. The molecule has 29 heavy (non-hydrogen) atoms. The lowest BCUT2D eigenvalue weighted by Crippen LogP contribution is -2.53. The molecule has 1 aliphatic rings. The number of likely N-dealkylation sites (tertiary alicyclic amines) is 1. The normalized spacial score (nSPS) is 16.2. The number of sulfonamides is 1. The molecule has 0 aliphatic carbocycles. The maximum Gasteiger partial charge on any atom is 0.308 e. The smallest absolute Gasteiger partial charge is 0.308 e. The van der Waals surface area contributed by atoms with E-state index < -0.39 is 16.1 Å². The molecule has 0 saturated carbocycles. The predicted molar refractivity (Wildman–Crippen MR) is 111 cm³/mol. The Morgan fingerprint density at radius 1 is 1.28 bits per heavy atom. The van der Waals surface area contributed by atoms with Crippen LogP contribution in [0.15, 0.2) is 18.2 Å². The molecule has 0 spiro atoms. The van der Waals surface area contributed by atoms with Crippen molar-refractivity contribution in [3.05, 3.63) is 23.2 Å². The Morgan fingerprint density at radius 3 is 2.38 bits per heavy atom. The van der Waals surface area contributed by atoms with Crippen LogP contribution >= 0.6 is 11.6 Å². The lowest BCUT2D eigenvalue weighted by Gasteiger charge is -2.37. The molecule has 1 heterocycles. The topological polar surface area (TPSA) is 93.2 Å². The SMILES string of the molecule is CC[C@H](C(=O)N1CCC(C(=O)OC)CC1)N(c1cc(Cl)ccc1OC)S(C)(=O)=O. The molecule has 8 nitrogen and oxygen atoms in total. The summed E-state index contributed by atoms with van der Waals surface area (Å²) < 4.78 is 36.5. The van der Waals surface area contributed by atoms with Crippen LogP contribution < -0.4 is 9.04 Å². The summed E-state index contributed by atoms with van der Waals surface area (Å²) in [6.07, 6.45) is 2.27. The van der Waals surface area contributed by atoms with Crippen LogP contribution in [0.2, 0.25) is 5.02 Å². The first-order chi connectivity index (χ1) is 13.6. The number of ether oxygens (including phenoxy) is 2. The van der Waals surface area contributed by atoms with E-state index >= 15 is 0 Å². The molecule has 0 radical (unpaired) electrons. The summed E-state index contributed by atoms with van der Waals surface area (Å²) in [6.45, 7) is 2.47. The van der Waals surface area contributed by atoms with E-state index in [1.807, 2.05) is 0 Å². The van der Waals surface area contributed by atoms with Crippen molar-refractivity contribution in [2.45, 2.75) is 32.2 Å². The van der Waals surface area contributed by atoms with Gasteiger partial charge in [-0.05, 0) is 37.5 Å². The average molecular weight is 447 g/mol. The zero-order chi connectivity index (χ0) is 21.8. The van der Waals surface area contributed by atoms with Gasteiger partial charge in [0.15, 0.2) is 0 Å². The van der Waals surface area contributed by atoms with Gasteiger partial charge in [0.1, 0.15) is 11.8 Å². The van der Waals surface area contributed by atoms with Gasteiger partial charge in [-0.25, -0.2) is 8.42 Å². The number of hydrogen-bond donors (Lipinski definition) is 0. The van der Waals surface area contributed by atoms with E-state index in [0.717, 1.165) is 10.6 Å². The van der Waals surface area contributed by atoms with Crippen molar-refractivity contribution in [1.82, 2.24) is 4.90 Å². The van der Waals surface area contributed by atoms with E-state index in [1.165, 1.54) is 20.3 Å². The Morgan fingerprint density at radius 2 is 1.90 bits per heavy atom. The molecule has 162 valence electrons. The minimum atomic E-state index is -3.82. The number of nitrogens with zero attached hydrogens (tertiary/aromatic N) is 2. The monoisotopic (exact) mass is 446 g/mol. The average Bonchev–Trinajstić information content (AvgIpc) is 2.70. The number of esters is 1. The van der Waals surface area contributed by atoms with Crippen LogP contribution in [0.3, 0.4) is 0 Å². The first-order valence-corrected chi connectivity index (χ1v) is 11.6. The zero-order valence-electron chi connectivity index (χ0n) is 17.1. The van der Waals surface area contributed by atoms with Crippen molar-refractivity contribution in [3.8, 4) is 5.75 Å². The van der Waals surface area contributed by atoms with Crippen molar-refractivity contribution >= 4 is 39.2 Å². The Kier molecular flexibility index (Phi) is 7.76. The van der Waals surface area contributed by atoms with Crippen LogP contribution in [-0.2, 0) is 24.3 Å². The number of anilines is 1. The molecule has 1 aliphatic heterocycles. The van der Waals surface area contributed by atoms with Gasteiger partial charge in [0.25, 0.3) is 0 Å². The number of halogens is 1. The second kappa shape index (κ2) is 9.67. The highest BCUT2D eigenvalue weighted by atomic mass is 35.5. The number of rotatable bonds is 7. The van der Waals surface area contributed by atoms with Crippen LogP contribution in [0.4, 0.5) is 5.69 Å². The number of piperidine rings is 1. The molecule has 2 rings (SSSR count). The molecular formula is C19H27ClN2O6S. The van der Waals surface area contributed by atoms with Crippen LogP contribution in [0.25, 0.3) is 0 Å². The third-order valence-electron chi connectivity index (χ3n) is 5.03. The van der Waals surface area contributed by atoms with Gasteiger partial charge in [-0.3, -0.25) is 13.9 Å². The van der Waals surface area contributed by atoms with E-state index in [9.17, 15) is 18.0 Å². The third-order valence-corrected chi connectivity index (χ3v) is 6.43. The molecule has 1 atom stereocenters. The molecule has 0 aromatic heterocycles. The summed E-state index contributed by atoms with van der Waals surface area (Å²) in [5.41, 5.74) is 0.215. The van der Waals surface area contributed by atoms with Gasteiger partial charge < -0.3 is 14.4 Å². The lowest BCUT2D eigenvalue weighted by molar-refractivity contribution is -0.149. The fraction of sp³-hybridized carbons (Fsp3) is 0.579. The number of carbonyl (C=O) groups excluding carboxylic acids is 2. The van der Waals surface area contributed by atoms with Gasteiger partial charge in [-0.15, -0.1) is 0 Å². The molecule has 1 aromatic rings. The summed E-state index contributed by atoms with van der Waals surface area (Å²) in [4.78, 5) is 26.6. The molecule has 0 N–H and O–H groups in total. The number of amides is 1. The first kappa shape index (κ1) is 23.3. The lowest BCUT2D eigenvalue weighted by atomic mass is 9.96. The Labute approximate surface area is 176 Å². The number of methoxy groups -OCH3 is 2. The Hall–Kier alpha value is -2.00. The van der Waals surface area contributed by atoms with Crippen LogP contribution in [0, 0.1) is 5.92 Å². The molecule has 0 unspecified atom stereocenters. The fourth-order valence-electron chi connectivity index (χ4n) is 3.57. The van der Waals surface area contributed by atoms with Crippen molar-refractivity contribution < 1.29 is 27.5 Å². The Bertz CT molecular complexity index is 852. The summed E-state index contributed by atoms with van der Waals surface area (Å²) in [7, 11) is -1.05. The van der Waals surface area contributed by atoms with Crippen molar-refractivity contribution in [2.75, 3.05) is 37.9 Å². The van der Waals surface area contributed by atoms with Gasteiger partial charge in [-0.2, -0.15) is 0 Å². The molecule has 1 aromatic carbocycles. The van der Waals surface area contributed by atoms with Gasteiger partial charge in [0.2, 0.25) is 15.9 Å². The number of benzene rings is 1. The molecule has 1 saturated heterocycles. The summed E-state index contributed by atoms with van der Waals surface area (Å²) in [6, 6.07) is 3.67. The van der Waals surface area contributed by atoms with Gasteiger partial charge >= 0.3 is 5.97 Å². The highest BCUT2D eigenvalue weighted by Crippen LogP contribution is 2.35. The molecule has 0 bridgehead atoms. The minimum absolute atomic E-state index is 0.215. The summed E-state index contributed by atoms with van der Waals surface area (Å²) in [5.74, 6) is -0.549. The zero-order valence-corrected chi connectivity index (χ0v) is 18.6. The van der Waals surface area contributed by atoms with Crippen LogP contribution in [0.5, 0.6) is 5.75 Å². The Balaban J connectivity index is 2.35. The van der Waals surface area contributed by atoms with E-state index in [0.29, 0.717) is 36.7 Å². The van der Waals surface area contributed by atoms with Crippen molar-refractivity contribution in [3.63, 3.8) is 0 Å². The molecule has 1 fully saturated rings. The maximum atomic E-state index is 13.3. The summed E-state index contributed by atoms with van der Waals surface area (Å²) >= 11 is 6.09. The highest BCUT2D eigenvalue weighted by molar-refractivity contribution is 7.92. The largest absolute Gasteiger partial charge is 0.495 e. The van der Waals surface area contributed by atoms with Crippen LogP contribution in [-0.4, -0.2) is 64.8 Å². The van der Waals surface area contributed by atoms with Crippen molar-refractivity contribution in [2.24, 2.45) is 5.92 Å². The number of carbonyl (C=O) groups is 2. The van der Waals surface area contributed by atoms with Gasteiger partial charge in [0, 0.05) is 18.1 Å². The van der Waals surface area contributed by atoms with Gasteiger partial charge in [0.05, 0.1) is 32.1 Å². The molecule has 10 heteroatoms. The van der Waals surface area contributed by atoms with Crippen molar-refractivity contribution in [1.29, 1.82) is 0 Å². The quantitative estimate of drug-likeness (QED) is 0.596. The number of hydrogen-bond acceptors (Lipinski definition) is 6. The first-order valence-electron chi connectivity index (χ1n) is 9.33. The highest BCUT2D eigenvalue weighted by Gasteiger charge is 2.37. The van der Waals surface area contributed by atoms with E-state index in [1.54, 1.807) is 24.0 Å². The van der Waals surface area contributed by atoms with Gasteiger partial charge in [-0.1, -0.05) is 18.5 Å². The second-order valence-electron chi connectivity index (χ2n) is 6.92. The van der Waals surface area contributed by atoms with Crippen LogP contribution in [0.1, 0.15) is 26.2 Å². The second-order valence-corrected chi connectivity index (χ2v) is 9.22.